The van der Waals surface area contributed by atoms with Crippen LogP contribution >= 0.6 is 11.3 Å². The number of nitrogens with zero attached hydrogens (tertiary/aromatic N) is 2. The van der Waals surface area contributed by atoms with Crippen LogP contribution in [-0.2, 0) is 11.0 Å². The number of alkyl halides is 5. The number of hydrogen-bond acceptors (Lipinski definition) is 3. The molecule has 0 aliphatic carbocycles. The number of carbonyl (C=O) groups excluding carboxylic acids is 1. The molecule has 0 aliphatic heterocycles. The molecule has 0 bridgehead atoms. The summed E-state index contributed by atoms with van der Waals surface area (Å²) in [7, 11) is 0. The van der Waals surface area contributed by atoms with Crippen molar-refractivity contribution in [2.45, 2.75) is 19.5 Å². The molecule has 146 valence electrons. The van der Waals surface area contributed by atoms with Crippen LogP contribution in [0.25, 0.3) is 11.1 Å². The molecule has 28 heavy (non-hydrogen) atoms. The van der Waals surface area contributed by atoms with Crippen LogP contribution in [0.3, 0.4) is 0 Å². The first kappa shape index (κ1) is 19.9. The SMILES string of the molecule is Cc1nc(C(F)F)c(N(C=O)c2cc(C(F)(F)F)ccc2-c2ccccc2)s1. The van der Waals surface area contributed by atoms with Crippen LogP contribution in [-0.4, -0.2) is 11.4 Å². The molecule has 0 N–H and O–H groups in total. The highest BCUT2D eigenvalue weighted by Gasteiger charge is 2.33. The molecule has 1 amide bonds. The van der Waals surface area contributed by atoms with Crippen molar-refractivity contribution in [1.82, 2.24) is 4.98 Å². The Bertz CT molecular complexity index is 986. The lowest BCUT2D eigenvalue weighted by Crippen LogP contribution is -2.17. The molecule has 3 nitrogen and oxygen atoms in total. The maximum atomic E-state index is 13.4. The van der Waals surface area contributed by atoms with Gasteiger partial charge in [-0.3, -0.25) is 9.69 Å². The zero-order valence-electron chi connectivity index (χ0n) is 14.4. The van der Waals surface area contributed by atoms with Gasteiger partial charge in [0.2, 0.25) is 6.41 Å². The van der Waals surface area contributed by atoms with Crippen LogP contribution in [0, 0.1) is 6.92 Å². The molecule has 0 saturated carbocycles. The first-order valence-corrected chi connectivity index (χ1v) is 8.80. The number of anilines is 2. The summed E-state index contributed by atoms with van der Waals surface area (Å²) in [6.45, 7) is 1.48. The zero-order chi connectivity index (χ0) is 20.5. The monoisotopic (exact) mass is 412 g/mol. The molecule has 1 aromatic heterocycles. The molecular formula is C19H13F5N2OS. The van der Waals surface area contributed by atoms with Crippen molar-refractivity contribution in [2.75, 3.05) is 4.90 Å². The molecule has 0 saturated heterocycles. The van der Waals surface area contributed by atoms with Gasteiger partial charge in [-0.25, -0.2) is 13.8 Å². The van der Waals surface area contributed by atoms with E-state index in [9.17, 15) is 26.7 Å². The second-order valence-corrected chi connectivity index (χ2v) is 6.98. The molecule has 0 aliphatic rings. The van der Waals surface area contributed by atoms with Crippen molar-refractivity contribution in [2.24, 2.45) is 0 Å². The summed E-state index contributed by atoms with van der Waals surface area (Å²) in [5, 5.41) is 0.0596. The average molecular weight is 412 g/mol. The van der Waals surface area contributed by atoms with E-state index in [0.29, 0.717) is 11.1 Å². The Morgan fingerprint density at radius 3 is 2.36 bits per heavy atom. The molecule has 0 fully saturated rings. The number of rotatable bonds is 5. The highest BCUT2D eigenvalue weighted by Crippen LogP contribution is 2.43. The maximum absolute atomic E-state index is 13.4. The molecule has 3 rings (SSSR count). The Morgan fingerprint density at radius 2 is 1.79 bits per heavy atom. The smallest absolute Gasteiger partial charge is 0.278 e. The fourth-order valence-corrected chi connectivity index (χ4v) is 3.63. The molecule has 1 heterocycles. The van der Waals surface area contributed by atoms with Crippen molar-refractivity contribution < 1.29 is 26.7 Å². The van der Waals surface area contributed by atoms with Crippen molar-refractivity contribution in [3.05, 3.63) is 64.8 Å². The van der Waals surface area contributed by atoms with Crippen molar-refractivity contribution in [1.29, 1.82) is 0 Å². The predicted octanol–water partition coefficient (Wildman–Crippen LogP) is 6.37. The number of benzene rings is 2. The fourth-order valence-electron chi connectivity index (χ4n) is 2.73. The van der Waals surface area contributed by atoms with E-state index in [0.717, 1.165) is 28.4 Å². The molecule has 3 aromatic rings. The highest BCUT2D eigenvalue weighted by molar-refractivity contribution is 7.16. The predicted molar refractivity (Wildman–Crippen MR) is 96.9 cm³/mol. The van der Waals surface area contributed by atoms with E-state index in [4.69, 9.17) is 0 Å². The highest BCUT2D eigenvalue weighted by atomic mass is 32.1. The van der Waals surface area contributed by atoms with Crippen molar-refractivity contribution in [3.8, 4) is 11.1 Å². The van der Waals surface area contributed by atoms with Gasteiger partial charge in [0.05, 0.1) is 16.3 Å². The first-order chi connectivity index (χ1) is 13.2. The standard InChI is InChI=1S/C19H13F5N2OS/c1-11-25-16(17(20)21)18(28-11)26(10-27)15-9-13(19(22,23)24)7-8-14(15)12-5-3-2-4-6-12/h2-10,17H,1H3. The van der Waals surface area contributed by atoms with E-state index >= 15 is 0 Å². The quantitative estimate of drug-likeness (QED) is 0.360. The van der Waals surface area contributed by atoms with Crippen LogP contribution < -0.4 is 4.90 Å². The number of aromatic nitrogens is 1. The van der Waals surface area contributed by atoms with Gasteiger partial charge in [0.15, 0.2) is 0 Å². The van der Waals surface area contributed by atoms with Gasteiger partial charge >= 0.3 is 6.18 Å². The van der Waals surface area contributed by atoms with Gasteiger partial charge in [-0.15, -0.1) is 11.3 Å². The van der Waals surface area contributed by atoms with E-state index < -0.39 is 23.9 Å². The number of amides is 1. The maximum Gasteiger partial charge on any atom is 0.416 e. The van der Waals surface area contributed by atoms with Crippen molar-refractivity contribution in [3.63, 3.8) is 0 Å². The number of carbonyl (C=O) groups is 1. The average Bonchev–Trinajstić information content (AvgIpc) is 3.04. The van der Waals surface area contributed by atoms with Crippen LogP contribution in [0.1, 0.15) is 22.7 Å². The Balaban J connectivity index is 2.26. The Kier molecular flexibility index (Phi) is 5.46. The molecule has 0 radical (unpaired) electrons. The molecule has 0 atom stereocenters. The number of aryl methyl sites for hydroxylation is 1. The Morgan fingerprint density at radius 1 is 1.11 bits per heavy atom. The number of hydrogen-bond donors (Lipinski definition) is 0. The largest absolute Gasteiger partial charge is 0.416 e. The van der Waals surface area contributed by atoms with Crippen LogP contribution in [0.15, 0.2) is 48.5 Å². The van der Waals surface area contributed by atoms with Crippen molar-refractivity contribution >= 4 is 28.4 Å². The van der Waals surface area contributed by atoms with Crippen LogP contribution in [0.4, 0.5) is 32.6 Å². The summed E-state index contributed by atoms with van der Waals surface area (Å²) in [6.07, 6.45) is -7.41. The minimum absolute atomic E-state index is 0.151. The second-order valence-electron chi connectivity index (χ2n) is 5.80. The lowest BCUT2D eigenvalue weighted by molar-refractivity contribution is -0.137. The second kappa shape index (κ2) is 7.67. The normalized spacial score (nSPS) is 11.7. The van der Waals surface area contributed by atoms with E-state index in [1.54, 1.807) is 30.3 Å². The van der Waals surface area contributed by atoms with Gasteiger partial charge in [-0.05, 0) is 24.6 Å². The molecule has 2 aromatic carbocycles. The van der Waals surface area contributed by atoms with Gasteiger partial charge in [0.25, 0.3) is 6.43 Å². The van der Waals surface area contributed by atoms with Gasteiger partial charge in [-0.1, -0.05) is 36.4 Å². The van der Waals surface area contributed by atoms with E-state index in [-0.39, 0.29) is 22.1 Å². The molecule has 9 heteroatoms. The van der Waals surface area contributed by atoms with Gasteiger partial charge in [-0.2, -0.15) is 13.2 Å². The van der Waals surface area contributed by atoms with Crippen LogP contribution in [0.5, 0.6) is 0 Å². The summed E-state index contributed by atoms with van der Waals surface area (Å²) in [4.78, 5) is 16.3. The molecule has 0 unspecified atom stereocenters. The van der Waals surface area contributed by atoms with E-state index in [1.807, 2.05) is 0 Å². The molecular weight excluding hydrogens is 399 g/mol. The third-order valence-electron chi connectivity index (χ3n) is 3.94. The van der Waals surface area contributed by atoms with E-state index in [2.05, 4.69) is 4.98 Å². The van der Waals surface area contributed by atoms with Gasteiger partial charge in [0.1, 0.15) is 10.7 Å². The summed E-state index contributed by atoms with van der Waals surface area (Å²) in [6, 6.07) is 11.3. The molecule has 0 spiro atoms. The lowest BCUT2D eigenvalue weighted by atomic mass is 10.0. The summed E-state index contributed by atoms with van der Waals surface area (Å²) in [5.74, 6) is 0. The minimum atomic E-state index is -4.66. The van der Waals surface area contributed by atoms with E-state index in [1.165, 1.54) is 13.0 Å². The third kappa shape index (κ3) is 3.89. The summed E-state index contributed by atoms with van der Waals surface area (Å²) >= 11 is 0.810. The topological polar surface area (TPSA) is 33.2 Å². The lowest BCUT2D eigenvalue weighted by Gasteiger charge is -2.22. The van der Waals surface area contributed by atoms with Crippen LogP contribution in [0.2, 0.25) is 0 Å². The fraction of sp³-hybridized carbons (Fsp3) is 0.158. The number of halogens is 5. The Labute approximate surface area is 161 Å². The Hall–Kier alpha value is -2.81. The number of thiazole rings is 1. The minimum Gasteiger partial charge on any atom is -0.278 e. The van der Waals surface area contributed by atoms with Gasteiger partial charge in [0, 0.05) is 5.56 Å². The van der Waals surface area contributed by atoms with Gasteiger partial charge < -0.3 is 0 Å². The summed E-state index contributed by atoms with van der Waals surface area (Å²) in [5.41, 5.74) is -0.952. The zero-order valence-corrected chi connectivity index (χ0v) is 15.2. The third-order valence-corrected chi connectivity index (χ3v) is 4.93. The first-order valence-electron chi connectivity index (χ1n) is 7.99. The summed E-state index contributed by atoms with van der Waals surface area (Å²) < 4.78 is 66.5.